The summed E-state index contributed by atoms with van der Waals surface area (Å²) in [5.41, 5.74) is 3.22. The van der Waals surface area contributed by atoms with Gasteiger partial charge in [0.15, 0.2) is 0 Å². The second-order valence-corrected chi connectivity index (χ2v) is 9.05. The zero-order valence-electron chi connectivity index (χ0n) is 19.1. The zero-order chi connectivity index (χ0) is 23.0. The highest BCUT2D eigenvalue weighted by Crippen LogP contribution is 2.58. The van der Waals surface area contributed by atoms with Crippen LogP contribution in [0, 0.1) is 11.8 Å². The van der Waals surface area contributed by atoms with Crippen molar-refractivity contribution in [1.29, 1.82) is 0 Å². The molecule has 2 fully saturated rings. The third kappa shape index (κ3) is 3.85. The maximum absolute atomic E-state index is 13.6. The molecular weight excluding hydrogens is 420 g/mol. The largest absolute Gasteiger partial charge is 0.463 e. The van der Waals surface area contributed by atoms with Gasteiger partial charge in [0, 0.05) is 5.41 Å². The summed E-state index contributed by atoms with van der Waals surface area (Å²) in [5, 5.41) is 0. The number of hydrogen-bond donors (Lipinski definition) is 0. The van der Waals surface area contributed by atoms with Gasteiger partial charge in [-0.1, -0.05) is 62.4 Å². The molecule has 0 spiro atoms. The van der Waals surface area contributed by atoms with E-state index >= 15 is 0 Å². The summed E-state index contributed by atoms with van der Waals surface area (Å²) < 4.78 is 21.9. The molecule has 6 nitrogen and oxygen atoms in total. The molecule has 2 aliphatic heterocycles. The van der Waals surface area contributed by atoms with Crippen LogP contribution in [0.3, 0.4) is 0 Å². The minimum atomic E-state index is -0.875. The molecule has 2 heterocycles. The molecule has 2 aromatic carbocycles. The molecule has 2 aromatic rings. The van der Waals surface area contributed by atoms with Crippen molar-refractivity contribution in [2.45, 2.75) is 44.3 Å². The van der Waals surface area contributed by atoms with E-state index in [1.165, 1.54) is 0 Å². The predicted molar refractivity (Wildman–Crippen MR) is 122 cm³/mol. The lowest BCUT2D eigenvalue weighted by atomic mass is 9.59. The van der Waals surface area contributed by atoms with Crippen molar-refractivity contribution in [2.75, 3.05) is 26.4 Å². The third-order valence-electron chi connectivity index (χ3n) is 7.15. The van der Waals surface area contributed by atoms with Gasteiger partial charge in [0.25, 0.3) is 0 Å². The molecule has 1 aliphatic carbocycles. The van der Waals surface area contributed by atoms with Crippen molar-refractivity contribution in [3.8, 4) is 11.1 Å². The Balaban J connectivity index is 1.64. The van der Waals surface area contributed by atoms with Crippen LogP contribution in [-0.2, 0) is 34.0 Å². The van der Waals surface area contributed by atoms with E-state index < -0.39 is 17.3 Å². The average Bonchev–Trinajstić information content (AvgIpc) is 3.77. The van der Waals surface area contributed by atoms with E-state index in [0.29, 0.717) is 26.1 Å². The average molecular weight is 451 g/mol. The molecule has 0 saturated carbocycles. The number of esters is 2. The number of epoxide rings is 2. The Hall–Kier alpha value is -2.70. The fourth-order valence-corrected chi connectivity index (χ4v) is 5.53. The summed E-state index contributed by atoms with van der Waals surface area (Å²) in [6.45, 7) is 5.70. The maximum atomic E-state index is 13.6. The molecule has 0 N–H and O–H groups in total. The molecule has 4 atom stereocenters. The molecule has 0 aromatic heterocycles. The van der Waals surface area contributed by atoms with Crippen molar-refractivity contribution < 1.29 is 28.5 Å². The van der Waals surface area contributed by atoms with Crippen molar-refractivity contribution in [2.24, 2.45) is 11.8 Å². The summed E-state index contributed by atoms with van der Waals surface area (Å²) in [4.78, 5) is 27.2. The van der Waals surface area contributed by atoms with Crippen LogP contribution in [0.5, 0.6) is 0 Å². The molecule has 6 heteroatoms. The summed E-state index contributed by atoms with van der Waals surface area (Å²) >= 11 is 0. The van der Waals surface area contributed by atoms with Gasteiger partial charge in [-0.3, -0.25) is 9.59 Å². The van der Waals surface area contributed by atoms with Gasteiger partial charge in [0.05, 0.1) is 25.0 Å². The lowest BCUT2D eigenvalue weighted by Gasteiger charge is -2.42. The first-order valence-electron chi connectivity index (χ1n) is 11.9. The van der Waals surface area contributed by atoms with Crippen LogP contribution >= 0.6 is 0 Å². The van der Waals surface area contributed by atoms with E-state index in [2.05, 4.69) is 24.3 Å². The van der Waals surface area contributed by atoms with Crippen LogP contribution in [0.2, 0.25) is 0 Å². The standard InChI is InChI=1S/C27H30O6/c1-3-21(25(28)32-15-17-13-30-17)27(22(4-2)26(29)33-16-18-14-31-18)23-11-7-5-9-19(23)20-10-6-8-12-24(20)27/h5-12,17-18,21-22H,3-4,13-16H2,1-2H3. The van der Waals surface area contributed by atoms with Crippen LogP contribution in [0.1, 0.15) is 37.8 Å². The first-order valence-corrected chi connectivity index (χ1v) is 11.9. The van der Waals surface area contributed by atoms with Gasteiger partial charge in [-0.15, -0.1) is 0 Å². The van der Waals surface area contributed by atoms with Crippen molar-refractivity contribution >= 4 is 11.9 Å². The highest BCUT2D eigenvalue weighted by atomic mass is 16.6. The van der Waals surface area contributed by atoms with Crippen LogP contribution < -0.4 is 0 Å². The quantitative estimate of drug-likeness (QED) is 0.404. The molecule has 174 valence electrons. The number of carbonyl (C=O) groups excluding carboxylic acids is 2. The molecule has 0 bridgehead atoms. The minimum absolute atomic E-state index is 0.0176. The summed E-state index contributed by atoms with van der Waals surface area (Å²) in [7, 11) is 0. The monoisotopic (exact) mass is 450 g/mol. The fourth-order valence-electron chi connectivity index (χ4n) is 5.53. The van der Waals surface area contributed by atoms with E-state index in [1.807, 2.05) is 38.1 Å². The molecule has 3 aliphatic rings. The van der Waals surface area contributed by atoms with E-state index in [0.717, 1.165) is 22.3 Å². The number of hydrogen-bond acceptors (Lipinski definition) is 6. The topological polar surface area (TPSA) is 77.7 Å². The first-order chi connectivity index (χ1) is 16.1. The molecule has 0 amide bonds. The van der Waals surface area contributed by atoms with Gasteiger partial charge in [0.2, 0.25) is 0 Å². The molecule has 4 unspecified atom stereocenters. The van der Waals surface area contributed by atoms with E-state index in [4.69, 9.17) is 18.9 Å². The van der Waals surface area contributed by atoms with Gasteiger partial charge in [-0.2, -0.15) is 0 Å². The first kappa shape index (κ1) is 22.1. The Morgan fingerprint density at radius 1 is 0.818 bits per heavy atom. The molecule has 2 saturated heterocycles. The molecule has 5 rings (SSSR count). The normalized spacial score (nSPS) is 23.1. The van der Waals surface area contributed by atoms with E-state index in [9.17, 15) is 9.59 Å². The smallest absolute Gasteiger partial charge is 0.310 e. The van der Waals surface area contributed by atoms with Gasteiger partial charge < -0.3 is 18.9 Å². The van der Waals surface area contributed by atoms with E-state index in [1.54, 1.807) is 0 Å². The highest BCUT2D eigenvalue weighted by Gasteiger charge is 2.58. The molecule has 33 heavy (non-hydrogen) atoms. The second-order valence-electron chi connectivity index (χ2n) is 9.05. The Bertz CT molecular complexity index is 955. The summed E-state index contributed by atoms with van der Waals surface area (Å²) in [5.74, 6) is -1.68. The van der Waals surface area contributed by atoms with Gasteiger partial charge in [-0.25, -0.2) is 0 Å². The van der Waals surface area contributed by atoms with Crippen molar-refractivity contribution in [1.82, 2.24) is 0 Å². The number of carbonyl (C=O) groups is 2. The minimum Gasteiger partial charge on any atom is -0.463 e. The zero-order valence-corrected chi connectivity index (χ0v) is 19.1. The Labute approximate surface area is 194 Å². The van der Waals surface area contributed by atoms with Gasteiger partial charge in [0.1, 0.15) is 25.4 Å². The fraction of sp³-hybridized carbons (Fsp3) is 0.481. The van der Waals surface area contributed by atoms with Crippen LogP contribution in [0.15, 0.2) is 48.5 Å². The van der Waals surface area contributed by atoms with Crippen molar-refractivity contribution in [3.05, 3.63) is 59.7 Å². The second kappa shape index (κ2) is 8.92. The van der Waals surface area contributed by atoms with E-state index in [-0.39, 0.29) is 37.4 Å². The number of rotatable bonds is 10. The number of ether oxygens (including phenoxy) is 4. The van der Waals surface area contributed by atoms with Gasteiger partial charge in [-0.05, 0) is 35.1 Å². The Morgan fingerprint density at radius 3 is 1.58 bits per heavy atom. The third-order valence-corrected chi connectivity index (χ3v) is 7.15. The number of benzene rings is 2. The van der Waals surface area contributed by atoms with Crippen LogP contribution in [0.25, 0.3) is 11.1 Å². The summed E-state index contributed by atoms with van der Waals surface area (Å²) in [6.07, 6.45) is 1.03. The Kier molecular flexibility index (Phi) is 5.97. The maximum Gasteiger partial charge on any atom is 0.310 e. The molecule has 0 radical (unpaired) electrons. The molecular formula is C27H30O6. The SMILES string of the molecule is CCC(C(=O)OCC1CO1)C1(C(CC)C(=O)OCC2CO2)c2ccccc2-c2ccccc21. The van der Waals surface area contributed by atoms with Gasteiger partial charge >= 0.3 is 11.9 Å². The Morgan fingerprint density at radius 2 is 1.21 bits per heavy atom. The highest BCUT2D eigenvalue weighted by molar-refractivity contribution is 5.90. The summed E-state index contributed by atoms with van der Waals surface area (Å²) in [6, 6.07) is 16.2. The predicted octanol–water partition coefficient (Wildman–Crippen LogP) is 3.89. The lowest BCUT2D eigenvalue weighted by molar-refractivity contribution is -0.158. The lowest BCUT2D eigenvalue weighted by Crippen LogP contribution is -2.49. The van der Waals surface area contributed by atoms with Crippen LogP contribution in [0.4, 0.5) is 0 Å². The number of fused-ring (bicyclic) bond motifs is 3. The van der Waals surface area contributed by atoms with Crippen molar-refractivity contribution in [3.63, 3.8) is 0 Å². The van der Waals surface area contributed by atoms with Crippen LogP contribution in [-0.4, -0.2) is 50.6 Å².